The van der Waals surface area contributed by atoms with Crippen LogP contribution in [0.5, 0.6) is 0 Å². The van der Waals surface area contributed by atoms with Crippen LogP contribution in [0.2, 0.25) is 0 Å². The summed E-state index contributed by atoms with van der Waals surface area (Å²) in [6, 6.07) is 0.323. The van der Waals surface area contributed by atoms with Gasteiger partial charge in [-0.05, 0) is 25.7 Å². The number of hydrogen-bond acceptors (Lipinski definition) is 12. The smallest absolute Gasteiger partial charge is 0.387 e. The summed E-state index contributed by atoms with van der Waals surface area (Å²) in [6.07, 6.45) is 2.25. The van der Waals surface area contributed by atoms with E-state index in [9.17, 15) is 24.4 Å². The van der Waals surface area contributed by atoms with E-state index in [2.05, 4.69) is 40.7 Å². The Morgan fingerprint density at radius 1 is 1.14 bits per heavy atom. The molecule has 0 aliphatic carbocycles. The third-order valence-corrected chi connectivity index (χ3v) is 9.67. The van der Waals surface area contributed by atoms with Gasteiger partial charge < -0.3 is 46.0 Å². The molecule has 2 aromatic rings. The van der Waals surface area contributed by atoms with Crippen molar-refractivity contribution in [2.45, 2.75) is 80.4 Å². The first kappa shape index (κ1) is 31.8. The summed E-state index contributed by atoms with van der Waals surface area (Å²) in [7, 11) is -4.78. The Morgan fingerprint density at radius 3 is 2.77 bits per heavy atom. The highest BCUT2D eigenvalue weighted by molar-refractivity contribution is 8.00. The Bertz CT molecular complexity index is 1330. The van der Waals surface area contributed by atoms with Crippen molar-refractivity contribution in [3.8, 4) is 0 Å². The minimum Gasteiger partial charge on any atom is -0.387 e. The molecule has 2 aromatic heterocycles. The van der Waals surface area contributed by atoms with Gasteiger partial charge in [-0.2, -0.15) is 11.8 Å². The number of anilines is 1. The Kier molecular flexibility index (Phi) is 10.4. The monoisotopic (exact) mass is 644 g/mol. The number of nitrogens with one attached hydrogen (secondary N) is 4. The van der Waals surface area contributed by atoms with Crippen LogP contribution in [0.25, 0.3) is 11.2 Å². The molecule has 5 rings (SSSR count). The number of phosphoric acid groups is 1. The van der Waals surface area contributed by atoms with Crippen LogP contribution in [0, 0.1) is 0 Å². The van der Waals surface area contributed by atoms with Crippen molar-refractivity contribution in [2.75, 3.05) is 30.8 Å². The molecular formula is C24H37N8O9PS. The van der Waals surface area contributed by atoms with Crippen molar-refractivity contribution in [3.05, 3.63) is 12.7 Å². The van der Waals surface area contributed by atoms with Gasteiger partial charge in [0, 0.05) is 30.5 Å². The molecule has 3 amide bonds. The molecule has 3 aliphatic heterocycles. The first-order valence-corrected chi connectivity index (χ1v) is 16.8. The molecule has 0 saturated carbocycles. The molecule has 3 aliphatic rings. The van der Waals surface area contributed by atoms with Gasteiger partial charge in [-0.3, -0.25) is 13.9 Å². The number of thioether (sulfide) groups is 1. The highest BCUT2D eigenvalue weighted by atomic mass is 32.2. The fraction of sp³-hybridized carbons (Fsp3) is 0.708. The van der Waals surface area contributed by atoms with Gasteiger partial charge in [-0.1, -0.05) is 6.42 Å². The number of amides is 3. The van der Waals surface area contributed by atoms with Gasteiger partial charge in [-0.15, -0.1) is 0 Å². The number of imidazole rings is 1. The Labute approximate surface area is 251 Å². The maximum absolute atomic E-state index is 12.2. The average Bonchev–Trinajstić information content (AvgIpc) is 3.71. The van der Waals surface area contributed by atoms with E-state index in [0.29, 0.717) is 41.7 Å². The van der Waals surface area contributed by atoms with Crippen LogP contribution < -0.4 is 21.3 Å². The van der Waals surface area contributed by atoms with E-state index in [1.807, 2.05) is 11.8 Å². The second-order valence-corrected chi connectivity index (χ2v) is 13.2. The number of urea groups is 1. The molecule has 0 spiro atoms. The molecule has 3 saturated heterocycles. The molecule has 0 aromatic carbocycles. The number of aromatic nitrogens is 4. The Hall–Kier alpha value is -2.57. The standard InChI is InChI=1S/C24H37N8O9PS/c33-16(6-2-1-5-15-17-13(10-43-15)30-24(36)31-17)25-7-3-4-8-26-21-18-22(28-11-27-21)32(12-29-18)23-20(35)19(34)14(41-23)9-40-42(37,38)39/h11-15,17,19-20,23,34-35H,1-10H2,(H,25,33)(H,26,27,28)(H2,30,31,36)(H2,37,38,39)/t13?,14-,15+,17?,19-,20-,23-/m1/s1. The number of aliphatic hydroxyl groups is 2. The molecule has 0 bridgehead atoms. The predicted octanol–water partition coefficient (Wildman–Crippen LogP) is -0.411. The van der Waals surface area contributed by atoms with Crippen molar-refractivity contribution >= 4 is 48.5 Å². The number of hydrogen-bond donors (Lipinski definition) is 8. The van der Waals surface area contributed by atoms with E-state index in [4.69, 9.17) is 14.5 Å². The Morgan fingerprint density at radius 2 is 1.95 bits per heavy atom. The molecule has 8 N–H and O–H groups in total. The van der Waals surface area contributed by atoms with E-state index in [0.717, 1.165) is 37.9 Å². The summed E-state index contributed by atoms with van der Waals surface area (Å²) in [4.78, 5) is 54.3. The van der Waals surface area contributed by atoms with Crippen molar-refractivity contribution in [3.63, 3.8) is 0 Å². The molecule has 7 atom stereocenters. The van der Waals surface area contributed by atoms with E-state index in [1.54, 1.807) is 0 Å². The number of unbranched alkanes of at least 4 members (excludes halogenated alkanes) is 2. The summed E-state index contributed by atoms with van der Waals surface area (Å²) in [5.41, 5.74) is 0.739. The van der Waals surface area contributed by atoms with Crippen LogP contribution in [-0.4, -0.2) is 113 Å². The topological polar surface area (TPSA) is 242 Å². The normalized spacial score (nSPS) is 28.6. The van der Waals surface area contributed by atoms with Gasteiger partial charge in [0.2, 0.25) is 5.91 Å². The van der Waals surface area contributed by atoms with E-state index < -0.39 is 39.0 Å². The number of nitrogens with zero attached hydrogens (tertiary/aromatic N) is 4. The van der Waals surface area contributed by atoms with Crippen LogP contribution >= 0.6 is 19.6 Å². The zero-order valence-electron chi connectivity index (χ0n) is 23.2. The maximum atomic E-state index is 12.2. The minimum absolute atomic E-state index is 0.0285. The van der Waals surface area contributed by atoms with Crippen molar-refractivity contribution in [2.24, 2.45) is 0 Å². The second-order valence-electron chi connectivity index (χ2n) is 10.7. The molecule has 3 fully saturated rings. The fourth-order valence-electron chi connectivity index (χ4n) is 5.48. The summed E-state index contributed by atoms with van der Waals surface area (Å²) < 4.78 is 22.4. The van der Waals surface area contributed by atoms with Crippen LogP contribution in [0.4, 0.5) is 10.6 Å². The van der Waals surface area contributed by atoms with Gasteiger partial charge in [-0.25, -0.2) is 24.3 Å². The maximum Gasteiger partial charge on any atom is 0.469 e. The quantitative estimate of drug-likeness (QED) is 0.0698. The highest BCUT2D eigenvalue weighted by Crippen LogP contribution is 2.39. The largest absolute Gasteiger partial charge is 0.469 e. The average molecular weight is 645 g/mol. The SMILES string of the molecule is O=C(CCCC[C@@H]1SCC2NC(=O)NC21)NCCCCNc1ncnc2c1ncn2[C@@H]1O[C@H](COP(=O)(O)O)[C@@H](O)[C@H]1O. The summed E-state index contributed by atoms with van der Waals surface area (Å²) in [6.45, 7) is 0.499. The number of phosphoric ester groups is 1. The van der Waals surface area contributed by atoms with Crippen LogP contribution in [0.15, 0.2) is 12.7 Å². The van der Waals surface area contributed by atoms with Crippen LogP contribution in [-0.2, 0) is 18.6 Å². The third kappa shape index (κ3) is 7.94. The zero-order valence-corrected chi connectivity index (χ0v) is 25.0. The molecular weight excluding hydrogens is 607 g/mol. The number of rotatable bonds is 15. The van der Waals surface area contributed by atoms with E-state index in [-0.39, 0.29) is 24.0 Å². The van der Waals surface area contributed by atoms with Crippen molar-refractivity contribution < 1.29 is 43.4 Å². The zero-order chi connectivity index (χ0) is 30.6. The number of aliphatic hydroxyl groups excluding tert-OH is 2. The van der Waals surface area contributed by atoms with Gasteiger partial charge >= 0.3 is 13.9 Å². The summed E-state index contributed by atoms with van der Waals surface area (Å²) >= 11 is 1.88. The lowest BCUT2D eigenvalue weighted by atomic mass is 10.0. The number of ether oxygens (including phenoxy) is 1. The van der Waals surface area contributed by atoms with E-state index >= 15 is 0 Å². The fourth-order valence-corrected chi connectivity index (χ4v) is 7.37. The van der Waals surface area contributed by atoms with Crippen molar-refractivity contribution in [1.29, 1.82) is 0 Å². The summed E-state index contributed by atoms with van der Waals surface area (Å²) in [5, 5.41) is 33.2. The number of carbonyl (C=O) groups excluding carboxylic acids is 2. The molecule has 0 radical (unpaired) electrons. The third-order valence-electron chi connectivity index (χ3n) is 7.68. The van der Waals surface area contributed by atoms with Crippen LogP contribution in [0.3, 0.4) is 0 Å². The molecule has 2 unspecified atom stereocenters. The molecule has 19 heteroatoms. The van der Waals surface area contributed by atoms with E-state index in [1.165, 1.54) is 17.2 Å². The lowest BCUT2D eigenvalue weighted by Gasteiger charge is -2.16. The predicted molar refractivity (Wildman–Crippen MR) is 154 cm³/mol. The lowest BCUT2D eigenvalue weighted by molar-refractivity contribution is -0.121. The molecule has 43 heavy (non-hydrogen) atoms. The van der Waals surface area contributed by atoms with Crippen LogP contribution in [0.1, 0.15) is 44.8 Å². The lowest BCUT2D eigenvalue weighted by Crippen LogP contribution is -2.36. The number of fused-ring (bicyclic) bond motifs is 2. The van der Waals surface area contributed by atoms with Gasteiger partial charge in [0.05, 0.1) is 25.0 Å². The molecule has 17 nitrogen and oxygen atoms in total. The first-order chi connectivity index (χ1) is 20.6. The van der Waals surface area contributed by atoms with Gasteiger partial charge in [0.1, 0.15) is 24.6 Å². The first-order valence-electron chi connectivity index (χ1n) is 14.2. The van der Waals surface area contributed by atoms with Gasteiger partial charge in [0.25, 0.3) is 0 Å². The minimum atomic E-state index is -4.78. The van der Waals surface area contributed by atoms with Crippen molar-refractivity contribution in [1.82, 2.24) is 35.5 Å². The molecule has 5 heterocycles. The summed E-state index contributed by atoms with van der Waals surface area (Å²) in [5.74, 6) is 1.42. The second kappa shape index (κ2) is 14.0. The Balaban J connectivity index is 0.996. The highest BCUT2D eigenvalue weighted by Gasteiger charge is 2.45. The number of carbonyl (C=O) groups is 2. The van der Waals surface area contributed by atoms with Gasteiger partial charge in [0.15, 0.2) is 23.2 Å². The molecule has 238 valence electrons.